The van der Waals surface area contributed by atoms with Gasteiger partial charge in [-0.3, -0.25) is 14.5 Å². The van der Waals surface area contributed by atoms with Crippen LogP contribution in [0.4, 0.5) is 5.13 Å². The maximum absolute atomic E-state index is 13.2. The lowest BCUT2D eigenvalue weighted by Crippen LogP contribution is -2.71. The van der Waals surface area contributed by atoms with Gasteiger partial charge in [0.1, 0.15) is 29.6 Å². The lowest BCUT2D eigenvalue weighted by Gasteiger charge is -2.49. The van der Waals surface area contributed by atoms with Crippen molar-refractivity contribution < 1.29 is 34.2 Å². The Hall–Kier alpha value is -4.69. The fraction of sp³-hybridized carbons (Fsp3) is 0.462. The molecule has 0 bridgehead atoms. The summed E-state index contributed by atoms with van der Waals surface area (Å²) in [4.78, 5) is 66.5. The topological polar surface area (TPSA) is 277 Å². The van der Waals surface area contributed by atoms with E-state index >= 15 is 0 Å². The van der Waals surface area contributed by atoms with Crippen molar-refractivity contribution in [2.75, 3.05) is 37.8 Å². The van der Waals surface area contributed by atoms with E-state index in [0.29, 0.717) is 43.4 Å². The third-order valence-electron chi connectivity index (χ3n) is 6.85. The smallest absolute Gasteiger partial charge is 0.352 e. The highest BCUT2D eigenvalue weighted by Gasteiger charge is 2.54. The molecule has 10 N–H and O–H groups in total. The Morgan fingerprint density at radius 1 is 1.26 bits per heavy atom. The number of aliphatic imine (C=N–C) groups is 1. The molecule has 1 fully saturated rings. The SMILES string of the molecule is CC(C)(O/N=C(\C(=O)N[C@@H]1C(=O)N2C(C(=O)O)=C(/C=C/CN3C=C(NCCCCN)C(N)=NC3)CSC12)c1nsc(N)n1)C(=O)O. The van der Waals surface area contributed by atoms with Crippen LogP contribution in [0.25, 0.3) is 0 Å². The number of allylic oxidation sites excluding steroid dienone is 1. The summed E-state index contributed by atoms with van der Waals surface area (Å²) < 4.78 is 3.93. The molecule has 0 aliphatic carbocycles. The molecule has 1 unspecified atom stereocenters. The fourth-order valence-electron chi connectivity index (χ4n) is 4.31. The molecular weight excluding hydrogens is 642 g/mol. The molecule has 1 aromatic rings. The van der Waals surface area contributed by atoms with E-state index in [9.17, 15) is 29.4 Å². The highest BCUT2D eigenvalue weighted by Crippen LogP contribution is 2.40. The number of nitrogens with two attached hydrogens (primary N) is 3. The van der Waals surface area contributed by atoms with Crippen molar-refractivity contribution in [1.29, 1.82) is 0 Å². The van der Waals surface area contributed by atoms with Gasteiger partial charge in [0.25, 0.3) is 11.8 Å². The summed E-state index contributed by atoms with van der Waals surface area (Å²) >= 11 is 2.04. The molecule has 0 saturated carbocycles. The number of rotatable bonds is 15. The van der Waals surface area contributed by atoms with E-state index in [1.165, 1.54) is 25.6 Å². The van der Waals surface area contributed by atoms with Crippen LogP contribution in [0.1, 0.15) is 32.5 Å². The van der Waals surface area contributed by atoms with Gasteiger partial charge in [-0.15, -0.1) is 11.8 Å². The average Bonchev–Trinajstić information content (AvgIpc) is 3.44. The van der Waals surface area contributed by atoms with Gasteiger partial charge in [0.05, 0.1) is 5.70 Å². The van der Waals surface area contributed by atoms with Crippen LogP contribution in [-0.2, 0) is 24.0 Å². The maximum Gasteiger partial charge on any atom is 0.352 e. The Kier molecular flexibility index (Phi) is 10.9. The van der Waals surface area contributed by atoms with Gasteiger partial charge in [0.15, 0.2) is 5.13 Å². The Bertz CT molecular complexity index is 1540. The zero-order valence-electron chi connectivity index (χ0n) is 25.0. The van der Waals surface area contributed by atoms with Crippen molar-refractivity contribution in [3.63, 3.8) is 0 Å². The van der Waals surface area contributed by atoms with Gasteiger partial charge in [-0.2, -0.15) is 9.36 Å². The second-order valence-corrected chi connectivity index (χ2v) is 12.6. The van der Waals surface area contributed by atoms with E-state index in [2.05, 4.69) is 30.1 Å². The van der Waals surface area contributed by atoms with Crippen molar-refractivity contribution in [2.24, 2.45) is 21.6 Å². The molecule has 18 nitrogen and oxygen atoms in total. The number of fused-ring (bicyclic) bond motifs is 1. The van der Waals surface area contributed by atoms with Crippen LogP contribution >= 0.6 is 23.3 Å². The number of anilines is 1. The first kappa shape index (κ1) is 34.2. The Balaban J connectivity index is 1.44. The summed E-state index contributed by atoms with van der Waals surface area (Å²) in [7, 11) is 0. The van der Waals surface area contributed by atoms with Gasteiger partial charge in [0.2, 0.25) is 17.1 Å². The number of thioether (sulfide) groups is 1. The van der Waals surface area contributed by atoms with Crippen LogP contribution in [0.2, 0.25) is 0 Å². The first-order valence-corrected chi connectivity index (χ1v) is 15.8. The first-order chi connectivity index (χ1) is 21.8. The van der Waals surface area contributed by atoms with Crippen molar-refractivity contribution in [1.82, 2.24) is 29.8 Å². The Labute approximate surface area is 271 Å². The number of aromatic nitrogens is 2. The number of nitrogen functional groups attached to an aromatic ring is 1. The van der Waals surface area contributed by atoms with Crippen LogP contribution in [0.3, 0.4) is 0 Å². The van der Waals surface area contributed by atoms with E-state index in [0.717, 1.165) is 29.3 Å². The number of carboxylic acid groups (broad SMARTS) is 2. The number of carbonyl (C=O) groups excluding carboxylic acids is 2. The summed E-state index contributed by atoms with van der Waals surface area (Å²) in [5, 5.41) is 28.1. The molecular formula is C26H35N11O7S2. The molecule has 248 valence electrons. The van der Waals surface area contributed by atoms with E-state index in [-0.39, 0.29) is 22.4 Å². The lowest BCUT2D eigenvalue weighted by atomic mass is 10.0. The molecule has 4 heterocycles. The predicted octanol–water partition coefficient (Wildman–Crippen LogP) is -1.20. The number of hydrogen-bond donors (Lipinski definition) is 7. The molecule has 4 rings (SSSR count). The molecule has 0 radical (unpaired) electrons. The molecule has 20 heteroatoms. The van der Waals surface area contributed by atoms with Gasteiger partial charge in [-0.05, 0) is 38.8 Å². The molecule has 1 aromatic heterocycles. The monoisotopic (exact) mass is 677 g/mol. The number of unbranched alkanes of at least 4 members (excludes halogenated alkanes) is 1. The highest BCUT2D eigenvalue weighted by atomic mass is 32.2. The van der Waals surface area contributed by atoms with Gasteiger partial charge in [0, 0.05) is 36.6 Å². The number of hydrogen-bond acceptors (Lipinski definition) is 16. The standard InChI is InChI=1S/C26H35N11O7S2/c1-26(2,24(42)43)44-34-15(19-33-25(29)46-35-19)20(38)32-16-21(39)37-17(23(40)41)13(11-45-22(16)37)6-5-9-36-10-14(18(28)31-12-36)30-8-4-3-7-27/h5-6,10,16,22,30H,3-4,7-9,11-12,27H2,1-2H3,(H2,28,31)(H,32,38)(H,40,41)(H,42,43)(H2,29,33,35)/b6-5+,34-15-/t16-,22?/m1/s1. The number of β-lactam (4-membered cyclic amide) rings is 1. The molecule has 1 saturated heterocycles. The Morgan fingerprint density at radius 3 is 2.67 bits per heavy atom. The molecule has 0 spiro atoms. The zero-order valence-corrected chi connectivity index (χ0v) is 26.6. The van der Waals surface area contributed by atoms with Crippen LogP contribution in [0.15, 0.2) is 45.5 Å². The summed E-state index contributed by atoms with van der Waals surface area (Å²) in [6.07, 6.45) is 7.04. The number of aliphatic carboxylic acids is 2. The van der Waals surface area contributed by atoms with Gasteiger partial charge < -0.3 is 47.8 Å². The lowest BCUT2D eigenvalue weighted by molar-refractivity contribution is -0.161. The first-order valence-electron chi connectivity index (χ1n) is 14.0. The normalized spacial score (nSPS) is 20.2. The zero-order chi connectivity index (χ0) is 33.6. The minimum atomic E-state index is -1.80. The summed E-state index contributed by atoms with van der Waals surface area (Å²) in [5.74, 6) is -3.81. The minimum absolute atomic E-state index is 0.0159. The van der Waals surface area contributed by atoms with Crippen molar-refractivity contribution in [3.8, 4) is 0 Å². The second-order valence-electron chi connectivity index (χ2n) is 10.7. The Morgan fingerprint density at radius 2 is 2.02 bits per heavy atom. The number of carbonyl (C=O) groups is 4. The highest BCUT2D eigenvalue weighted by molar-refractivity contribution is 8.00. The van der Waals surface area contributed by atoms with Crippen molar-refractivity contribution in [3.05, 3.63) is 41.1 Å². The van der Waals surface area contributed by atoms with Crippen LogP contribution in [0, 0.1) is 0 Å². The molecule has 2 amide bonds. The van der Waals surface area contributed by atoms with Crippen LogP contribution in [0.5, 0.6) is 0 Å². The second kappa shape index (κ2) is 14.6. The molecule has 0 aromatic carbocycles. The average molecular weight is 678 g/mol. The number of amidine groups is 1. The molecule has 3 aliphatic heterocycles. The quantitative estimate of drug-likeness (QED) is 0.0497. The van der Waals surface area contributed by atoms with Crippen molar-refractivity contribution in [2.45, 2.75) is 43.7 Å². The third kappa shape index (κ3) is 7.74. The maximum atomic E-state index is 13.2. The third-order valence-corrected chi connectivity index (χ3v) is 8.70. The number of oxime groups is 1. The summed E-state index contributed by atoms with van der Waals surface area (Å²) in [6, 6.07) is -1.11. The molecule has 3 aliphatic rings. The molecule has 46 heavy (non-hydrogen) atoms. The van der Waals surface area contributed by atoms with E-state index in [1.807, 2.05) is 11.1 Å². The minimum Gasteiger partial charge on any atom is -0.478 e. The summed E-state index contributed by atoms with van der Waals surface area (Å²) in [6.45, 7) is 4.48. The fourth-order valence-corrected chi connectivity index (χ4v) is 6.06. The van der Waals surface area contributed by atoms with E-state index < -0.39 is 46.5 Å². The van der Waals surface area contributed by atoms with Crippen LogP contribution in [-0.4, -0.2) is 114 Å². The van der Waals surface area contributed by atoms with E-state index in [1.54, 1.807) is 12.2 Å². The summed E-state index contributed by atoms with van der Waals surface area (Å²) in [5.41, 5.74) is 15.8. The van der Waals surface area contributed by atoms with Gasteiger partial charge in [-0.25, -0.2) is 14.6 Å². The predicted molar refractivity (Wildman–Crippen MR) is 170 cm³/mol. The number of amides is 2. The van der Waals surface area contributed by atoms with Gasteiger partial charge in [-0.1, -0.05) is 17.3 Å². The number of nitrogens with zero attached hydrogens (tertiary/aromatic N) is 6. The van der Waals surface area contributed by atoms with Gasteiger partial charge >= 0.3 is 11.9 Å². The number of carboxylic acids is 2. The van der Waals surface area contributed by atoms with Crippen molar-refractivity contribution >= 4 is 63.7 Å². The number of nitrogens with one attached hydrogen (secondary N) is 2. The largest absolute Gasteiger partial charge is 0.478 e. The van der Waals surface area contributed by atoms with Crippen LogP contribution < -0.4 is 27.8 Å². The van der Waals surface area contributed by atoms with E-state index in [4.69, 9.17) is 22.0 Å². The molecule has 2 atom stereocenters.